The van der Waals surface area contributed by atoms with Gasteiger partial charge in [0, 0.05) is 0 Å². The fourth-order valence-electron chi connectivity index (χ4n) is 3.33. The van der Waals surface area contributed by atoms with Crippen molar-refractivity contribution in [3.8, 4) is 0 Å². The molecule has 4 saturated carbocycles. The molecule has 4 rings (SSSR count). The predicted molar refractivity (Wildman–Crippen MR) is 67.4 cm³/mol. The molecule has 0 amide bonds. The molecule has 15 heavy (non-hydrogen) atoms. The Morgan fingerprint density at radius 3 is 1.00 bits per heavy atom. The maximum absolute atomic E-state index is 8.76. The molecule has 0 aliphatic heterocycles. The third-order valence-electron chi connectivity index (χ3n) is 4.87. The van der Waals surface area contributed by atoms with Crippen molar-refractivity contribution in [3.05, 3.63) is 0 Å². The summed E-state index contributed by atoms with van der Waals surface area (Å²) in [5, 5.41) is 0. The van der Waals surface area contributed by atoms with Gasteiger partial charge < -0.3 is 0 Å². The van der Waals surface area contributed by atoms with Gasteiger partial charge in [-0.05, 0) is 57.4 Å². The van der Waals surface area contributed by atoms with Gasteiger partial charge in [0.25, 0.3) is 0 Å². The Labute approximate surface area is 98.4 Å². The van der Waals surface area contributed by atoms with Crippen molar-refractivity contribution in [3.63, 3.8) is 0 Å². The lowest BCUT2D eigenvalue weighted by Crippen LogP contribution is -2.58. The average molecular weight is 244 g/mol. The minimum atomic E-state index is 0.306. The summed E-state index contributed by atoms with van der Waals surface area (Å²) in [5.41, 5.74) is 0. The summed E-state index contributed by atoms with van der Waals surface area (Å²) in [5.74, 6) is 4.98. The highest BCUT2D eigenvalue weighted by Gasteiger charge is 2.58. The second-order valence-corrected chi connectivity index (χ2v) is 5.97. The third kappa shape index (κ3) is 2.36. The molecule has 0 aromatic carbocycles. The summed E-state index contributed by atoms with van der Waals surface area (Å²) in [7, 11) is 2.85. The molecule has 0 bridgehead atoms. The van der Waals surface area contributed by atoms with Crippen LogP contribution in [-0.2, 0) is 10.8 Å². The Kier molecular flexibility index (Phi) is 4.40. The van der Waals surface area contributed by atoms with Gasteiger partial charge in [0.15, 0.2) is 0 Å². The summed E-state index contributed by atoms with van der Waals surface area (Å²) in [6, 6.07) is 0. The van der Waals surface area contributed by atoms with E-state index in [9.17, 15) is 0 Å². The summed E-state index contributed by atoms with van der Waals surface area (Å²) in [4.78, 5) is 0. The van der Waals surface area contributed by atoms with Crippen LogP contribution in [0.1, 0.15) is 51.4 Å². The molecule has 0 heterocycles. The van der Waals surface area contributed by atoms with E-state index in [2.05, 4.69) is 8.02 Å². The largest absolute Gasteiger partial charge is 0.208 e. The van der Waals surface area contributed by atoms with Gasteiger partial charge in [0.1, 0.15) is 10.8 Å². The normalized spacial score (nSPS) is 42.4. The van der Waals surface area contributed by atoms with Crippen LogP contribution in [0, 0.1) is 23.7 Å². The van der Waals surface area contributed by atoms with E-state index in [4.69, 9.17) is 4.21 Å². The number of rotatable bonds is 0. The first-order chi connectivity index (χ1) is 7.38. The molecule has 0 atom stereocenters. The third-order valence-corrected chi connectivity index (χ3v) is 4.87. The summed E-state index contributed by atoms with van der Waals surface area (Å²) in [6.45, 7) is 0. The molecular weight excluding hydrogens is 223 g/mol. The van der Waals surface area contributed by atoms with Crippen LogP contribution in [0.15, 0.2) is 0 Å². The highest BCUT2D eigenvalue weighted by atomic mass is 32.4. The van der Waals surface area contributed by atoms with Crippen molar-refractivity contribution in [2.75, 3.05) is 0 Å². The van der Waals surface area contributed by atoms with Crippen molar-refractivity contribution in [2.24, 2.45) is 23.7 Å². The monoisotopic (exact) mass is 244 g/mol. The Hall–Kier alpha value is 0.320. The van der Waals surface area contributed by atoms with E-state index in [1.807, 2.05) is 0 Å². The molecular formula is C12H21OPS. The lowest BCUT2D eigenvalue weighted by atomic mass is 9.39. The highest BCUT2D eigenvalue weighted by molar-refractivity contribution is 7.93. The molecule has 3 heteroatoms. The zero-order chi connectivity index (χ0) is 10.7. The van der Waals surface area contributed by atoms with E-state index in [1.165, 1.54) is 49.4 Å². The van der Waals surface area contributed by atoms with Crippen molar-refractivity contribution in [1.29, 1.82) is 0 Å². The van der Waals surface area contributed by atoms with Crippen LogP contribution >= 0.6 is 8.02 Å². The van der Waals surface area contributed by atoms with E-state index in [1.54, 1.807) is 25.7 Å². The fourth-order valence-corrected chi connectivity index (χ4v) is 3.33. The van der Waals surface area contributed by atoms with E-state index in [-0.39, 0.29) is 0 Å². The smallest absolute Gasteiger partial charge is 0.110 e. The summed E-state index contributed by atoms with van der Waals surface area (Å²) in [6.07, 6.45) is 12.4. The molecule has 4 aliphatic rings. The molecule has 0 saturated heterocycles. The Balaban J connectivity index is 0.000000104. The number of fused-ring (bicyclic) bond motifs is 4. The Morgan fingerprint density at radius 2 is 0.933 bits per heavy atom. The fraction of sp³-hybridized carbons (Fsp3) is 1.00. The molecule has 4 aliphatic carbocycles. The van der Waals surface area contributed by atoms with Gasteiger partial charge in [-0.3, -0.25) is 0 Å². The minimum absolute atomic E-state index is 0.306. The van der Waals surface area contributed by atoms with Crippen LogP contribution in [0.3, 0.4) is 0 Å². The topological polar surface area (TPSA) is 17.1 Å². The van der Waals surface area contributed by atoms with Crippen LogP contribution in [0.2, 0.25) is 0 Å². The second kappa shape index (κ2) is 5.59. The summed E-state index contributed by atoms with van der Waals surface area (Å²) < 4.78 is 8.76. The average Bonchev–Trinajstić information content (AvgIpc) is 2.05. The first kappa shape index (κ1) is 11.8. The van der Waals surface area contributed by atoms with E-state index in [0.29, 0.717) is 10.8 Å². The van der Waals surface area contributed by atoms with Gasteiger partial charge in [-0.15, -0.1) is 0 Å². The molecule has 0 unspecified atom stereocenters. The molecule has 1 nitrogen and oxygen atoms in total. The second-order valence-electron chi connectivity index (χ2n) is 5.31. The van der Waals surface area contributed by atoms with E-state index < -0.39 is 0 Å². The van der Waals surface area contributed by atoms with Gasteiger partial charge in [0.05, 0.1) is 0 Å². The van der Waals surface area contributed by atoms with Gasteiger partial charge in [-0.2, -0.15) is 0 Å². The lowest BCUT2D eigenvalue weighted by Gasteiger charge is -2.66. The zero-order valence-electron chi connectivity index (χ0n) is 9.28. The first-order valence-electron chi connectivity index (χ1n) is 6.34. The van der Waals surface area contributed by atoms with Crippen LogP contribution in [0.5, 0.6) is 0 Å². The van der Waals surface area contributed by atoms with Crippen LogP contribution in [-0.4, -0.2) is 4.21 Å². The molecule has 0 spiro atoms. The van der Waals surface area contributed by atoms with Gasteiger partial charge in [-0.25, -0.2) is 4.21 Å². The highest BCUT2D eigenvalue weighted by Crippen LogP contribution is 2.66. The Morgan fingerprint density at radius 1 is 0.733 bits per heavy atom. The minimum Gasteiger partial charge on any atom is -0.208 e. The quantitative estimate of drug-likeness (QED) is 0.591. The van der Waals surface area contributed by atoms with Crippen molar-refractivity contribution in [2.45, 2.75) is 51.4 Å². The van der Waals surface area contributed by atoms with Crippen molar-refractivity contribution in [1.82, 2.24) is 0 Å². The molecule has 0 aromatic heterocycles. The SMILES string of the molecule is C1CC2C1C1CCC21.C1CCC1.O=S=P. The maximum Gasteiger partial charge on any atom is 0.110 e. The standard InChI is InChI=1S/C8H12.C4H8.HOPS/c1-2-6-5(1)7-3-4-8(6)7;1-2-4-3-1;1-3-2/h5-8H,1-4H2;1-4H2;2H. The number of hydrogen-bond donors (Lipinski definition) is 0. The van der Waals surface area contributed by atoms with E-state index >= 15 is 0 Å². The molecule has 0 N–H and O–H groups in total. The molecule has 0 radical (unpaired) electrons. The van der Waals surface area contributed by atoms with Crippen LogP contribution < -0.4 is 0 Å². The zero-order valence-corrected chi connectivity index (χ0v) is 11.1. The summed E-state index contributed by atoms with van der Waals surface area (Å²) >= 11 is 0. The maximum atomic E-state index is 8.76. The van der Waals surface area contributed by atoms with Gasteiger partial charge >= 0.3 is 0 Å². The first-order valence-corrected chi connectivity index (χ1v) is 8.30. The van der Waals surface area contributed by atoms with Crippen LogP contribution in [0.4, 0.5) is 0 Å². The number of hydrogen-bond acceptors (Lipinski definition) is 1. The van der Waals surface area contributed by atoms with E-state index in [0.717, 1.165) is 0 Å². The van der Waals surface area contributed by atoms with Crippen molar-refractivity contribution >= 4 is 18.9 Å². The van der Waals surface area contributed by atoms with Gasteiger partial charge in [0.2, 0.25) is 0 Å². The van der Waals surface area contributed by atoms with Crippen LogP contribution in [0.25, 0.3) is 0 Å². The predicted octanol–water partition coefficient (Wildman–Crippen LogP) is 3.87. The molecule has 0 aromatic rings. The molecule has 86 valence electrons. The van der Waals surface area contributed by atoms with Crippen molar-refractivity contribution < 1.29 is 4.21 Å². The Bertz CT molecular complexity index is 202. The van der Waals surface area contributed by atoms with Gasteiger partial charge in [-0.1, -0.05) is 25.7 Å². The lowest BCUT2D eigenvalue weighted by molar-refractivity contribution is -0.165. The molecule has 4 fully saturated rings.